The summed E-state index contributed by atoms with van der Waals surface area (Å²) in [6.45, 7) is 0.764. The Bertz CT molecular complexity index is 933. The molecule has 2 aliphatic rings. The molecule has 2 amide bonds. The fraction of sp³-hybridized carbons (Fsp3) is 0.391. The first kappa shape index (κ1) is 20.7. The molecule has 1 N–H and O–H groups in total. The van der Waals surface area contributed by atoms with E-state index < -0.39 is 11.9 Å². The molecule has 0 unspecified atom stereocenters. The molecule has 158 valence electrons. The largest absolute Gasteiger partial charge is 0.417 e. The van der Waals surface area contributed by atoms with Crippen LogP contribution in [0.25, 0.3) is 0 Å². The standard InChI is InChI=1S/C23H24ClFN2O3/c24-20-14-17(26-23(29)30-18-10-7-16(25)8-11-18)9-12-19(20)22(28)27-13-3-5-15-4-1-2-6-21(15)27/h7-12,14-15,21H,1-6,13H2,(H,26,29)/t15-,21-/m1/s1. The summed E-state index contributed by atoms with van der Waals surface area (Å²) in [7, 11) is 0. The molecule has 1 saturated heterocycles. The van der Waals surface area contributed by atoms with Gasteiger partial charge in [-0.15, -0.1) is 0 Å². The normalized spacial score (nSPS) is 20.9. The Kier molecular flexibility index (Phi) is 6.23. The number of carbonyl (C=O) groups is 2. The number of benzene rings is 2. The molecule has 1 heterocycles. The number of amides is 2. The summed E-state index contributed by atoms with van der Waals surface area (Å²) in [5.74, 6) is 0.358. The molecule has 1 aliphatic heterocycles. The minimum atomic E-state index is -0.724. The van der Waals surface area contributed by atoms with E-state index in [1.165, 1.54) is 43.5 Å². The van der Waals surface area contributed by atoms with Gasteiger partial charge in [0.2, 0.25) is 0 Å². The first-order chi connectivity index (χ1) is 14.5. The van der Waals surface area contributed by atoms with Gasteiger partial charge in [-0.1, -0.05) is 24.4 Å². The van der Waals surface area contributed by atoms with Crippen molar-refractivity contribution in [3.63, 3.8) is 0 Å². The van der Waals surface area contributed by atoms with Crippen LogP contribution in [0.15, 0.2) is 42.5 Å². The molecular weight excluding hydrogens is 407 g/mol. The SMILES string of the molecule is O=C(Nc1ccc(C(=O)N2CCC[C@H]3CCCC[C@H]32)c(Cl)c1)Oc1ccc(F)cc1. The highest BCUT2D eigenvalue weighted by Gasteiger charge is 2.36. The highest BCUT2D eigenvalue weighted by atomic mass is 35.5. The van der Waals surface area contributed by atoms with Gasteiger partial charge in [-0.2, -0.15) is 0 Å². The third-order valence-electron chi connectivity index (χ3n) is 5.97. The van der Waals surface area contributed by atoms with Crippen molar-refractivity contribution >= 4 is 29.3 Å². The summed E-state index contributed by atoms with van der Waals surface area (Å²) in [5, 5.41) is 2.86. The molecule has 2 aromatic rings. The molecule has 1 aliphatic carbocycles. The minimum absolute atomic E-state index is 0.0444. The fourth-order valence-electron chi connectivity index (χ4n) is 4.55. The van der Waals surface area contributed by atoms with Crippen LogP contribution < -0.4 is 10.1 Å². The van der Waals surface area contributed by atoms with E-state index in [1.807, 2.05) is 4.90 Å². The third-order valence-corrected chi connectivity index (χ3v) is 6.29. The smallest absolute Gasteiger partial charge is 0.410 e. The lowest BCUT2D eigenvalue weighted by atomic mass is 9.78. The van der Waals surface area contributed by atoms with Crippen molar-refractivity contribution in [3.05, 3.63) is 58.9 Å². The molecule has 1 saturated carbocycles. The lowest BCUT2D eigenvalue weighted by molar-refractivity contribution is 0.0391. The van der Waals surface area contributed by atoms with Crippen LogP contribution in [0.2, 0.25) is 5.02 Å². The lowest BCUT2D eigenvalue weighted by Crippen LogP contribution is -2.49. The van der Waals surface area contributed by atoms with Crippen molar-refractivity contribution in [1.29, 1.82) is 0 Å². The van der Waals surface area contributed by atoms with Gasteiger partial charge in [0.15, 0.2) is 0 Å². The Morgan fingerprint density at radius 2 is 1.77 bits per heavy atom. The molecule has 0 radical (unpaired) electrons. The van der Waals surface area contributed by atoms with Crippen LogP contribution in [-0.2, 0) is 0 Å². The van der Waals surface area contributed by atoms with Gasteiger partial charge in [0.05, 0.1) is 10.6 Å². The van der Waals surface area contributed by atoms with Crippen molar-refractivity contribution < 1.29 is 18.7 Å². The first-order valence-electron chi connectivity index (χ1n) is 10.4. The maximum atomic E-state index is 13.2. The summed E-state index contributed by atoms with van der Waals surface area (Å²) in [5.41, 5.74) is 0.859. The van der Waals surface area contributed by atoms with Crippen molar-refractivity contribution in [2.75, 3.05) is 11.9 Å². The Morgan fingerprint density at radius 1 is 1.03 bits per heavy atom. The molecule has 0 aromatic heterocycles. The molecule has 30 heavy (non-hydrogen) atoms. The van der Waals surface area contributed by atoms with E-state index in [0.717, 1.165) is 25.8 Å². The molecule has 5 nitrogen and oxygen atoms in total. The molecule has 2 aromatic carbocycles. The van der Waals surface area contributed by atoms with Gasteiger partial charge in [-0.25, -0.2) is 9.18 Å². The monoisotopic (exact) mass is 430 g/mol. The number of rotatable bonds is 3. The summed E-state index contributed by atoms with van der Waals surface area (Å²) in [6, 6.07) is 10.3. The number of nitrogens with zero attached hydrogens (tertiary/aromatic N) is 1. The number of carbonyl (C=O) groups excluding carboxylic acids is 2. The highest BCUT2D eigenvalue weighted by Crippen LogP contribution is 2.36. The van der Waals surface area contributed by atoms with Crippen LogP contribution in [0.1, 0.15) is 48.9 Å². The number of halogens is 2. The predicted molar refractivity (Wildman–Crippen MR) is 114 cm³/mol. The van der Waals surface area contributed by atoms with E-state index in [9.17, 15) is 14.0 Å². The van der Waals surface area contributed by atoms with Crippen LogP contribution in [0.5, 0.6) is 5.75 Å². The van der Waals surface area contributed by atoms with E-state index in [0.29, 0.717) is 23.2 Å². The first-order valence-corrected chi connectivity index (χ1v) is 10.7. The minimum Gasteiger partial charge on any atom is -0.410 e. The van der Waals surface area contributed by atoms with Gasteiger partial charge >= 0.3 is 6.09 Å². The van der Waals surface area contributed by atoms with Crippen molar-refractivity contribution in [3.8, 4) is 5.75 Å². The van der Waals surface area contributed by atoms with Crippen LogP contribution in [0.3, 0.4) is 0 Å². The van der Waals surface area contributed by atoms with E-state index >= 15 is 0 Å². The molecule has 7 heteroatoms. The number of nitrogens with one attached hydrogen (secondary N) is 1. The molecule has 0 spiro atoms. The topological polar surface area (TPSA) is 58.6 Å². The highest BCUT2D eigenvalue weighted by molar-refractivity contribution is 6.34. The summed E-state index contributed by atoms with van der Waals surface area (Å²) >= 11 is 6.40. The quantitative estimate of drug-likeness (QED) is 0.661. The summed E-state index contributed by atoms with van der Waals surface area (Å²) < 4.78 is 18.1. The zero-order chi connectivity index (χ0) is 21.1. The van der Waals surface area contributed by atoms with Gasteiger partial charge < -0.3 is 9.64 Å². The van der Waals surface area contributed by atoms with Gasteiger partial charge in [0, 0.05) is 18.3 Å². The lowest BCUT2D eigenvalue weighted by Gasteiger charge is -2.44. The van der Waals surface area contributed by atoms with Gasteiger partial charge in [-0.3, -0.25) is 10.1 Å². The number of likely N-dealkylation sites (tertiary alicyclic amines) is 1. The van der Waals surface area contributed by atoms with Crippen molar-refractivity contribution in [2.24, 2.45) is 5.92 Å². The molecule has 0 bridgehead atoms. The van der Waals surface area contributed by atoms with Crippen LogP contribution in [0, 0.1) is 11.7 Å². The molecular formula is C23H24ClFN2O3. The second-order valence-corrected chi connectivity index (χ2v) is 8.32. The Hall–Kier alpha value is -2.60. The number of fused-ring (bicyclic) bond motifs is 1. The maximum Gasteiger partial charge on any atom is 0.417 e. The van der Waals surface area contributed by atoms with E-state index in [-0.39, 0.29) is 16.7 Å². The second-order valence-electron chi connectivity index (χ2n) is 7.92. The zero-order valence-corrected chi connectivity index (χ0v) is 17.3. The number of anilines is 1. The van der Waals surface area contributed by atoms with Gasteiger partial charge in [0.25, 0.3) is 5.91 Å². The average Bonchev–Trinajstić information content (AvgIpc) is 2.74. The molecule has 2 atom stereocenters. The number of ether oxygens (including phenoxy) is 1. The van der Waals surface area contributed by atoms with Crippen molar-refractivity contribution in [1.82, 2.24) is 4.90 Å². The van der Waals surface area contributed by atoms with Crippen molar-refractivity contribution in [2.45, 2.75) is 44.6 Å². The van der Waals surface area contributed by atoms with Gasteiger partial charge in [-0.05, 0) is 74.1 Å². The Labute approximate surface area is 180 Å². The molecule has 2 fully saturated rings. The molecule has 4 rings (SSSR count). The van der Waals surface area contributed by atoms with Gasteiger partial charge in [0.1, 0.15) is 11.6 Å². The van der Waals surface area contributed by atoms with E-state index in [4.69, 9.17) is 16.3 Å². The predicted octanol–water partition coefficient (Wildman–Crippen LogP) is 5.88. The van der Waals surface area contributed by atoms with Crippen LogP contribution in [-0.4, -0.2) is 29.5 Å². The number of piperidine rings is 1. The summed E-state index contributed by atoms with van der Waals surface area (Å²) in [4.78, 5) is 27.2. The maximum absolute atomic E-state index is 13.2. The van der Waals surface area contributed by atoms with E-state index in [2.05, 4.69) is 5.32 Å². The van der Waals surface area contributed by atoms with Crippen LogP contribution >= 0.6 is 11.6 Å². The number of hydrogen-bond acceptors (Lipinski definition) is 3. The second kappa shape index (κ2) is 9.04. The average molecular weight is 431 g/mol. The fourth-order valence-corrected chi connectivity index (χ4v) is 4.81. The van der Waals surface area contributed by atoms with Crippen LogP contribution in [0.4, 0.5) is 14.9 Å². The van der Waals surface area contributed by atoms with E-state index in [1.54, 1.807) is 18.2 Å². The third kappa shape index (κ3) is 4.59. The zero-order valence-electron chi connectivity index (χ0n) is 16.6. The summed E-state index contributed by atoms with van der Waals surface area (Å²) in [6.07, 6.45) is 6.17. The Morgan fingerprint density at radius 3 is 2.53 bits per heavy atom. The number of hydrogen-bond donors (Lipinski definition) is 1. The Balaban J connectivity index is 1.43.